The van der Waals surface area contributed by atoms with Crippen LogP contribution in [0.25, 0.3) is 0 Å². The number of carbonyl (C=O) groups is 1. The molecule has 1 aromatic carbocycles. The lowest BCUT2D eigenvalue weighted by Crippen LogP contribution is -2.06. The third-order valence-corrected chi connectivity index (χ3v) is 2.95. The number of rotatable bonds is 2. The fourth-order valence-corrected chi connectivity index (χ4v) is 2.28. The van der Waals surface area contributed by atoms with Crippen LogP contribution in [-0.4, -0.2) is 5.78 Å². The molecular weight excluding hydrogens is 184 g/mol. The third kappa shape index (κ3) is 1.74. The molecule has 1 aromatic rings. The number of carbonyl (C=O) groups excluding carboxylic acids is 1. The highest BCUT2D eigenvalue weighted by Gasteiger charge is 2.28. The maximum Gasteiger partial charge on any atom is 0.166 e. The van der Waals surface area contributed by atoms with E-state index in [-0.39, 0.29) is 5.92 Å². The molecule has 0 aromatic heterocycles. The number of fused-ring (bicyclic) bond motifs is 1. The summed E-state index contributed by atoms with van der Waals surface area (Å²) in [6.45, 7) is 7.92. The number of hydrogen-bond acceptors (Lipinski definition) is 1. The van der Waals surface area contributed by atoms with Gasteiger partial charge < -0.3 is 0 Å². The summed E-state index contributed by atoms with van der Waals surface area (Å²) >= 11 is 0. The Hall–Kier alpha value is -1.37. The first kappa shape index (κ1) is 10.2. The first-order valence-corrected chi connectivity index (χ1v) is 5.39. The first-order valence-electron chi connectivity index (χ1n) is 5.39. The molecule has 0 bridgehead atoms. The number of allylic oxidation sites excluding steroid dienone is 1. The van der Waals surface area contributed by atoms with Gasteiger partial charge in [-0.1, -0.05) is 37.3 Å². The zero-order valence-electron chi connectivity index (χ0n) is 9.34. The normalized spacial score (nSPS) is 19.1. The minimum absolute atomic E-state index is 0.159. The van der Waals surface area contributed by atoms with Crippen LogP contribution in [0.2, 0.25) is 0 Å². The van der Waals surface area contributed by atoms with Crippen LogP contribution in [0.4, 0.5) is 0 Å². The predicted molar refractivity (Wildman–Crippen MR) is 62.2 cm³/mol. The summed E-state index contributed by atoms with van der Waals surface area (Å²) in [6.07, 6.45) is 1.72. The summed E-state index contributed by atoms with van der Waals surface area (Å²) in [7, 11) is 0. The monoisotopic (exact) mass is 200 g/mol. The molecule has 0 saturated heterocycles. The van der Waals surface area contributed by atoms with Crippen molar-refractivity contribution in [2.45, 2.75) is 26.7 Å². The standard InChI is InChI=1S/C14H16O/c1-9(2)7-11-5-4-6-12-8-10(3)14(15)13(11)12/h4-6,10H,1,7-8H2,2-3H3. The average molecular weight is 200 g/mol. The second-order valence-electron chi connectivity index (χ2n) is 4.55. The zero-order valence-corrected chi connectivity index (χ0v) is 9.34. The van der Waals surface area contributed by atoms with Crippen LogP contribution < -0.4 is 0 Å². The van der Waals surface area contributed by atoms with Crippen LogP contribution in [0.15, 0.2) is 30.4 Å². The van der Waals surface area contributed by atoms with Crippen molar-refractivity contribution in [2.24, 2.45) is 5.92 Å². The second-order valence-corrected chi connectivity index (χ2v) is 4.55. The van der Waals surface area contributed by atoms with Gasteiger partial charge in [0, 0.05) is 11.5 Å². The Bertz CT molecular complexity index is 429. The van der Waals surface area contributed by atoms with Crippen molar-refractivity contribution in [1.82, 2.24) is 0 Å². The van der Waals surface area contributed by atoms with Gasteiger partial charge in [0.25, 0.3) is 0 Å². The largest absolute Gasteiger partial charge is 0.294 e. The molecule has 15 heavy (non-hydrogen) atoms. The molecule has 1 aliphatic carbocycles. The molecule has 0 saturated carbocycles. The van der Waals surface area contributed by atoms with Crippen LogP contribution in [0.5, 0.6) is 0 Å². The van der Waals surface area contributed by atoms with Crippen LogP contribution in [0.3, 0.4) is 0 Å². The number of Topliss-reactive ketones (excluding diaryl/α,β-unsaturated/α-hetero) is 1. The predicted octanol–water partition coefficient (Wildman–Crippen LogP) is 3.18. The Labute approximate surface area is 90.8 Å². The van der Waals surface area contributed by atoms with Crippen molar-refractivity contribution in [1.29, 1.82) is 0 Å². The van der Waals surface area contributed by atoms with E-state index in [1.165, 1.54) is 5.56 Å². The van der Waals surface area contributed by atoms with Crippen molar-refractivity contribution in [3.8, 4) is 0 Å². The van der Waals surface area contributed by atoms with E-state index in [1.54, 1.807) is 0 Å². The molecule has 0 amide bonds. The van der Waals surface area contributed by atoms with Crippen LogP contribution in [0.1, 0.15) is 35.3 Å². The van der Waals surface area contributed by atoms with E-state index in [1.807, 2.05) is 26.0 Å². The molecule has 0 spiro atoms. The highest BCUT2D eigenvalue weighted by atomic mass is 16.1. The molecule has 0 fully saturated rings. The van der Waals surface area contributed by atoms with E-state index >= 15 is 0 Å². The van der Waals surface area contributed by atoms with Crippen molar-refractivity contribution in [2.75, 3.05) is 0 Å². The molecule has 1 nitrogen and oxygen atoms in total. The van der Waals surface area contributed by atoms with Gasteiger partial charge in [0.2, 0.25) is 0 Å². The van der Waals surface area contributed by atoms with Gasteiger partial charge >= 0.3 is 0 Å². The van der Waals surface area contributed by atoms with Gasteiger partial charge in [-0.05, 0) is 30.9 Å². The fourth-order valence-electron chi connectivity index (χ4n) is 2.28. The smallest absolute Gasteiger partial charge is 0.166 e. The van der Waals surface area contributed by atoms with Crippen LogP contribution in [0, 0.1) is 5.92 Å². The summed E-state index contributed by atoms with van der Waals surface area (Å²) in [5.74, 6) is 0.466. The van der Waals surface area contributed by atoms with Gasteiger partial charge in [0.1, 0.15) is 0 Å². The second kappa shape index (κ2) is 3.65. The summed E-state index contributed by atoms with van der Waals surface area (Å²) < 4.78 is 0. The van der Waals surface area contributed by atoms with Crippen molar-refractivity contribution < 1.29 is 4.79 Å². The van der Waals surface area contributed by atoms with Gasteiger partial charge in [0.05, 0.1) is 0 Å². The van der Waals surface area contributed by atoms with E-state index in [0.717, 1.165) is 29.5 Å². The van der Waals surface area contributed by atoms with Gasteiger partial charge in [-0.2, -0.15) is 0 Å². The van der Waals surface area contributed by atoms with Crippen molar-refractivity contribution in [3.05, 3.63) is 47.0 Å². The molecule has 2 rings (SSSR count). The van der Waals surface area contributed by atoms with Gasteiger partial charge in [-0.3, -0.25) is 4.79 Å². The minimum atomic E-state index is 0.159. The number of benzene rings is 1. The summed E-state index contributed by atoms with van der Waals surface area (Å²) in [4.78, 5) is 12.0. The lowest BCUT2D eigenvalue weighted by atomic mass is 9.97. The van der Waals surface area contributed by atoms with Gasteiger partial charge in [-0.25, -0.2) is 0 Å². The van der Waals surface area contributed by atoms with E-state index in [9.17, 15) is 4.79 Å². The molecule has 0 heterocycles. The lowest BCUT2D eigenvalue weighted by Gasteiger charge is -2.06. The number of hydrogen-bond donors (Lipinski definition) is 0. The van der Waals surface area contributed by atoms with Crippen molar-refractivity contribution >= 4 is 5.78 Å². The molecule has 0 aliphatic heterocycles. The SMILES string of the molecule is C=C(C)Cc1cccc2c1C(=O)C(C)C2. The van der Waals surface area contributed by atoms with Gasteiger partial charge in [-0.15, -0.1) is 0 Å². The van der Waals surface area contributed by atoms with E-state index in [4.69, 9.17) is 0 Å². The molecule has 0 radical (unpaired) electrons. The molecule has 1 aliphatic rings. The Morgan fingerprint density at radius 1 is 1.53 bits per heavy atom. The molecule has 1 atom stereocenters. The average Bonchev–Trinajstić information content (AvgIpc) is 2.43. The molecule has 78 valence electrons. The van der Waals surface area contributed by atoms with Crippen LogP contribution >= 0.6 is 0 Å². The summed E-state index contributed by atoms with van der Waals surface area (Å²) in [6, 6.07) is 6.16. The highest BCUT2D eigenvalue weighted by molar-refractivity contribution is 6.03. The van der Waals surface area contributed by atoms with Gasteiger partial charge in [0.15, 0.2) is 5.78 Å². The lowest BCUT2D eigenvalue weighted by molar-refractivity contribution is 0.0945. The Kier molecular flexibility index (Phi) is 2.47. The van der Waals surface area contributed by atoms with E-state index in [0.29, 0.717) is 5.78 Å². The molecule has 1 heteroatoms. The quantitative estimate of drug-likeness (QED) is 0.670. The minimum Gasteiger partial charge on any atom is -0.294 e. The topological polar surface area (TPSA) is 17.1 Å². The maximum absolute atomic E-state index is 12.0. The Morgan fingerprint density at radius 3 is 2.93 bits per heavy atom. The number of ketones is 1. The first-order chi connectivity index (χ1) is 7.09. The third-order valence-electron chi connectivity index (χ3n) is 2.95. The zero-order chi connectivity index (χ0) is 11.0. The molecule has 0 N–H and O–H groups in total. The Balaban J connectivity index is 2.47. The molecular formula is C14H16O. The maximum atomic E-state index is 12.0. The van der Waals surface area contributed by atoms with E-state index in [2.05, 4.69) is 12.6 Å². The summed E-state index contributed by atoms with van der Waals surface area (Å²) in [5.41, 5.74) is 4.43. The van der Waals surface area contributed by atoms with Crippen molar-refractivity contribution in [3.63, 3.8) is 0 Å². The van der Waals surface area contributed by atoms with Crippen LogP contribution in [-0.2, 0) is 12.8 Å². The Morgan fingerprint density at radius 2 is 2.27 bits per heavy atom. The molecule has 1 unspecified atom stereocenters. The highest BCUT2D eigenvalue weighted by Crippen LogP contribution is 2.30. The summed E-state index contributed by atoms with van der Waals surface area (Å²) in [5, 5.41) is 0. The van der Waals surface area contributed by atoms with E-state index < -0.39 is 0 Å². The fraction of sp³-hybridized carbons (Fsp3) is 0.357.